The highest BCUT2D eigenvalue weighted by atomic mass is 79.9. The first-order valence-electron chi connectivity index (χ1n) is 3.53. The van der Waals surface area contributed by atoms with E-state index in [1.807, 2.05) is 12.1 Å². The first kappa shape index (κ1) is 6.92. The van der Waals surface area contributed by atoms with Gasteiger partial charge in [0.2, 0.25) is 0 Å². The van der Waals surface area contributed by atoms with Crippen LogP contribution in [0.1, 0.15) is 5.69 Å². The molecule has 1 heterocycles. The summed E-state index contributed by atoms with van der Waals surface area (Å²) in [4.78, 5) is 3.30. The summed E-state index contributed by atoms with van der Waals surface area (Å²) in [7, 11) is 0. The molecule has 0 radical (unpaired) electrons. The predicted molar refractivity (Wildman–Crippen MR) is 50.9 cm³/mol. The van der Waals surface area contributed by atoms with Gasteiger partial charge in [-0.2, -0.15) is 0 Å². The van der Waals surface area contributed by atoms with Crippen LogP contribution < -0.4 is 0 Å². The molecule has 0 aliphatic heterocycles. The predicted octanol–water partition coefficient (Wildman–Crippen LogP) is 3.06. The van der Waals surface area contributed by atoms with Gasteiger partial charge in [0.25, 0.3) is 0 Å². The van der Waals surface area contributed by atoms with Gasteiger partial charge in [0.15, 0.2) is 0 Å². The van der Waals surface area contributed by atoms with Crippen LogP contribution in [-0.4, -0.2) is 4.98 Å². The van der Waals surface area contributed by atoms with Crippen molar-refractivity contribution in [3.05, 3.63) is 36.0 Å². The van der Waals surface area contributed by atoms with Crippen molar-refractivity contribution in [3.8, 4) is 0 Å². The lowest BCUT2D eigenvalue weighted by atomic mass is 10.2. The molecule has 0 atom stereocenters. The van der Waals surface area contributed by atoms with Gasteiger partial charge >= 0.3 is 0 Å². The molecule has 2 aromatic rings. The highest BCUT2D eigenvalue weighted by Crippen LogP contribution is 2.15. The average Bonchev–Trinajstić information content (AvgIpc) is 2.46. The number of hydrogen-bond acceptors (Lipinski definition) is 0. The van der Waals surface area contributed by atoms with E-state index in [1.54, 1.807) is 0 Å². The summed E-state index contributed by atoms with van der Waals surface area (Å²) in [6, 6.07) is 10.4. The summed E-state index contributed by atoms with van der Waals surface area (Å²) in [6.45, 7) is 0. The Morgan fingerprint density at radius 1 is 1.27 bits per heavy atom. The minimum absolute atomic E-state index is 0.891. The second kappa shape index (κ2) is 2.70. The number of halogens is 1. The van der Waals surface area contributed by atoms with E-state index < -0.39 is 0 Å². The van der Waals surface area contributed by atoms with Crippen LogP contribution in [0.25, 0.3) is 10.9 Å². The van der Waals surface area contributed by atoms with Crippen LogP contribution in [-0.2, 0) is 5.33 Å². The van der Waals surface area contributed by atoms with Crippen molar-refractivity contribution in [3.63, 3.8) is 0 Å². The number of fused-ring (bicyclic) bond motifs is 1. The van der Waals surface area contributed by atoms with Gasteiger partial charge in [-0.15, -0.1) is 0 Å². The number of para-hydroxylation sites is 1. The summed E-state index contributed by atoms with van der Waals surface area (Å²) in [5.41, 5.74) is 2.44. The fourth-order valence-electron chi connectivity index (χ4n) is 1.21. The number of rotatable bonds is 1. The second-order valence-electron chi connectivity index (χ2n) is 2.52. The van der Waals surface area contributed by atoms with E-state index in [0.29, 0.717) is 0 Å². The molecule has 1 nitrogen and oxygen atoms in total. The Morgan fingerprint density at radius 2 is 2.09 bits per heavy atom. The first-order valence-corrected chi connectivity index (χ1v) is 4.65. The molecule has 2 rings (SSSR count). The molecule has 1 aromatic carbocycles. The first-order chi connectivity index (χ1) is 5.40. The van der Waals surface area contributed by atoms with Crippen LogP contribution in [0.15, 0.2) is 30.3 Å². The number of benzene rings is 1. The van der Waals surface area contributed by atoms with Crippen molar-refractivity contribution >= 4 is 26.8 Å². The molecule has 0 fully saturated rings. The zero-order valence-electron chi connectivity index (χ0n) is 5.97. The van der Waals surface area contributed by atoms with Crippen LogP contribution in [0.4, 0.5) is 0 Å². The third-order valence-corrected chi connectivity index (χ3v) is 2.33. The molecule has 0 spiro atoms. The molecule has 1 aromatic heterocycles. The van der Waals surface area contributed by atoms with E-state index in [-0.39, 0.29) is 0 Å². The SMILES string of the molecule is BrCc1cc2ccccc2[nH]1. The number of nitrogens with one attached hydrogen (secondary N) is 1. The second-order valence-corrected chi connectivity index (χ2v) is 3.08. The molecule has 11 heavy (non-hydrogen) atoms. The normalized spacial score (nSPS) is 10.6. The molecule has 2 heteroatoms. The Morgan fingerprint density at radius 3 is 2.82 bits per heavy atom. The molecule has 0 aliphatic rings. The molecular weight excluding hydrogens is 202 g/mol. The van der Waals surface area contributed by atoms with Gasteiger partial charge in [-0.1, -0.05) is 34.1 Å². The third-order valence-electron chi connectivity index (χ3n) is 1.73. The van der Waals surface area contributed by atoms with Crippen molar-refractivity contribution in [2.45, 2.75) is 5.33 Å². The van der Waals surface area contributed by atoms with Crippen LogP contribution in [0.3, 0.4) is 0 Å². The number of H-pyrrole nitrogens is 1. The van der Waals surface area contributed by atoms with E-state index in [0.717, 1.165) is 5.33 Å². The van der Waals surface area contributed by atoms with Crippen molar-refractivity contribution in [1.82, 2.24) is 4.98 Å². The zero-order valence-corrected chi connectivity index (χ0v) is 7.56. The Bertz CT molecular complexity index is 331. The van der Waals surface area contributed by atoms with Crippen LogP contribution >= 0.6 is 15.9 Å². The van der Waals surface area contributed by atoms with E-state index in [4.69, 9.17) is 0 Å². The summed E-state index contributed by atoms with van der Waals surface area (Å²) in [5, 5.41) is 2.17. The molecular formula is C9H8BrN. The monoisotopic (exact) mass is 209 g/mol. The zero-order chi connectivity index (χ0) is 7.68. The maximum Gasteiger partial charge on any atom is 0.0456 e. The minimum Gasteiger partial charge on any atom is -0.358 e. The van der Waals surface area contributed by atoms with Gasteiger partial charge in [0, 0.05) is 16.5 Å². The third kappa shape index (κ3) is 1.18. The van der Waals surface area contributed by atoms with Gasteiger partial charge < -0.3 is 4.98 Å². The van der Waals surface area contributed by atoms with Crippen LogP contribution in [0.5, 0.6) is 0 Å². The number of hydrogen-bond donors (Lipinski definition) is 1. The molecule has 0 bridgehead atoms. The van der Waals surface area contributed by atoms with Gasteiger partial charge in [-0.3, -0.25) is 0 Å². The van der Waals surface area contributed by atoms with E-state index in [2.05, 4.69) is 39.1 Å². The Balaban J connectivity index is 2.69. The van der Waals surface area contributed by atoms with Gasteiger partial charge in [0.1, 0.15) is 0 Å². The smallest absolute Gasteiger partial charge is 0.0456 e. The summed E-state index contributed by atoms with van der Waals surface area (Å²) < 4.78 is 0. The highest BCUT2D eigenvalue weighted by Gasteiger charge is 1.96. The van der Waals surface area contributed by atoms with Crippen LogP contribution in [0.2, 0.25) is 0 Å². The highest BCUT2D eigenvalue weighted by molar-refractivity contribution is 9.08. The summed E-state index contributed by atoms with van der Waals surface area (Å²) >= 11 is 3.40. The molecule has 0 saturated carbocycles. The maximum atomic E-state index is 3.40. The van der Waals surface area contributed by atoms with Crippen molar-refractivity contribution < 1.29 is 0 Å². The largest absolute Gasteiger partial charge is 0.358 e. The van der Waals surface area contributed by atoms with Crippen molar-refractivity contribution in [2.24, 2.45) is 0 Å². The van der Waals surface area contributed by atoms with Crippen molar-refractivity contribution in [1.29, 1.82) is 0 Å². The molecule has 56 valence electrons. The molecule has 0 aliphatic carbocycles. The molecule has 0 unspecified atom stereocenters. The Hall–Kier alpha value is -0.760. The van der Waals surface area contributed by atoms with E-state index in [1.165, 1.54) is 16.6 Å². The standard InChI is InChI=1S/C9H8BrN/c10-6-8-5-7-3-1-2-4-9(7)11-8/h1-5,11H,6H2. The minimum atomic E-state index is 0.891. The van der Waals surface area contributed by atoms with Crippen LogP contribution in [0, 0.1) is 0 Å². The average molecular weight is 210 g/mol. The maximum absolute atomic E-state index is 3.40. The van der Waals surface area contributed by atoms with Gasteiger partial charge in [-0.25, -0.2) is 0 Å². The quantitative estimate of drug-likeness (QED) is 0.696. The number of alkyl halides is 1. The Kier molecular flexibility index (Phi) is 1.70. The molecule has 0 saturated heterocycles. The van der Waals surface area contributed by atoms with E-state index in [9.17, 15) is 0 Å². The summed E-state index contributed by atoms with van der Waals surface area (Å²) in [5.74, 6) is 0. The Labute approximate surface area is 73.6 Å². The lowest BCUT2D eigenvalue weighted by Crippen LogP contribution is -1.71. The topological polar surface area (TPSA) is 15.8 Å². The lowest BCUT2D eigenvalue weighted by molar-refractivity contribution is 1.28. The molecule has 0 amide bonds. The lowest BCUT2D eigenvalue weighted by Gasteiger charge is -1.84. The van der Waals surface area contributed by atoms with E-state index >= 15 is 0 Å². The number of aromatic amines is 1. The number of aromatic nitrogens is 1. The molecule has 1 N–H and O–H groups in total. The fraction of sp³-hybridized carbons (Fsp3) is 0.111. The fourth-order valence-corrected chi connectivity index (χ4v) is 1.51. The van der Waals surface area contributed by atoms with Gasteiger partial charge in [-0.05, 0) is 17.5 Å². The van der Waals surface area contributed by atoms with Crippen molar-refractivity contribution in [2.75, 3.05) is 0 Å². The summed E-state index contributed by atoms with van der Waals surface area (Å²) in [6.07, 6.45) is 0. The van der Waals surface area contributed by atoms with Gasteiger partial charge in [0.05, 0.1) is 0 Å².